The van der Waals surface area contributed by atoms with Gasteiger partial charge in [0.25, 0.3) is 11.5 Å². The number of aryl methyl sites for hydroxylation is 1. The van der Waals surface area contributed by atoms with Gasteiger partial charge >= 0.3 is 12.1 Å². The van der Waals surface area contributed by atoms with Crippen LogP contribution in [-0.4, -0.2) is 31.6 Å². The molecule has 158 valence electrons. The normalized spacial score (nSPS) is 11.3. The first-order chi connectivity index (χ1) is 14.2. The number of amides is 1. The topological polar surface area (TPSA) is 111 Å². The van der Waals surface area contributed by atoms with Crippen molar-refractivity contribution >= 4 is 5.91 Å². The number of rotatable bonds is 7. The zero-order chi connectivity index (χ0) is 21.7. The average molecular weight is 423 g/mol. The van der Waals surface area contributed by atoms with E-state index in [1.54, 1.807) is 18.5 Å². The molecule has 2 heterocycles. The van der Waals surface area contributed by atoms with Crippen LogP contribution in [0.1, 0.15) is 16.1 Å². The van der Waals surface area contributed by atoms with Crippen molar-refractivity contribution < 1.29 is 22.7 Å². The molecule has 3 rings (SSSR count). The molecule has 0 unspecified atom stereocenters. The largest absolute Gasteiger partial charge is 0.573 e. The Kier molecular flexibility index (Phi) is 6.04. The van der Waals surface area contributed by atoms with Crippen LogP contribution in [0.15, 0.2) is 58.4 Å². The van der Waals surface area contributed by atoms with Gasteiger partial charge in [-0.15, -0.1) is 13.2 Å². The Hall–Kier alpha value is -3.83. The molecule has 2 aromatic heterocycles. The van der Waals surface area contributed by atoms with Gasteiger partial charge in [-0.25, -0.2) is 4.79 Å². The molecule has 0 saturated heterocycles. The van der Waals surface area contributed by atoms with Crippen molar-refractivity contribution in [1.29, 1.82) is 0 Å². The van der Waals surface area contributed by atoms with Crippen LogP contribution in [0.5, 0.6) is 5.75 Å². The Morgan fingerprint density at radius 3 is 2.60 bits per heavy atom. The van der Waals surface area contributed by atoms with Crippen molar-refractivity contribution in [3.8, 4) is 5.75 Å². The number of benzene rings is 1. The third-order valence-electron chi connectivity index (χ3n) is 4.01. The van der Waals surface area contributed by atoms with Gasteiger partial charge in [0.1, 0.15) is 11.4 Å². The van der Waals surface area contributed by atoms with E-state index in [1.807, 2.05) is 0 Å². The van der Waals surface area contributed by atoms with E-state index < -0.39 is 29.3 Å². The van der Waals surface area contributed by atoms with E-state index >= 15 is 0 Å². The SMILES string of the molecule is O=C(NCc1ccccc1OC(F)(F)F)c1cc(=O)n(CCn2cccn2)c(=O)[nH]1. The number of carbonyl (C=O) groups is 1. The molecule has 2 N–H and O–H groups in total. The number of aromatic amines is 1. The minimum atomic E-state index is -4.88. The van der Waals surface area contributed by atoms with Crippen molar-refractivity contribution in [2.45, 2.75) is 26.0 Å². The summed E-state index contributed by atoms with van der Waals surface area (Å²) in [6, 6.07) is 7.92. The molecule has 0 radical (unpaired) electrons. The third-order valence-corrected chi connectivity index (χ3v) is 4.01. The number of H-pyrrole nitrogens is 1. The van der Waals surface area contributed by atoms with Crippen molar-refractivity contribution in [3.63, 3.8) is 0 Å². The van der Waals surface area contributed by atoms with Crippen LogP contribution >= 0.6 is 0 Å². The minimum Gasteiger partial charge on any atom is -0.405 e. The van der Waals surface area contributed by atoms with Crippen LogP contribution in [0.25, 0.3) is 0 Å². The number of para-hydroxylation sites is 1. The van der Waals surface area contributed by atoms with Crippen LogP contribution in [0.4, 0.5) is 13.2 Å². The van der Waals surface area contributed by atoms with Gasteiger partial charge < -0.3 is 15.0 Å². The fourth-order valence-electron chi connectivity index (χ4n) is 2.63. The van der Waals surface area contributed by atoms with Gasteiger partial charge in [-0.1, -0.05) is 18.2 Å². The minimum absolute atomic E-state index is 0.0416. The average Bonchev–Trinajstić information content (AvgIpc) is 3.18. The predicted molar refractivity (Wildman–Crippen MR) is 97.8 cm³/mol. The number of alkyl halides is 3. The first-order valence-corrected chi connectivity index (χ1v) is 8.66. The van der Waals surface area contributed by atoms with Crippen LogP contribution in [0.2, 0.25) is 0 Å². The first-order valence-electron chi connectivity index (χ1n) is 8.66. The number of hydrogen-bond donors (Lipinski definition) is 2. The molecule has 0 aliphatic carbocycles. The molecule has 0 bridgehead atoms. The zero-order valence-corrected chi connectivity index (χ0v) is 15.3. The highest BCUT2D eigenvalue weighted by Gasteiger charge is 2.32. The summed E-state index contributed by atoms with van der Waals surface area (Å²) in [6.45, 7) is 0.00687. The molecule has 0 fully saturated rings. The Morgan fingerprint density at radius 1 is 1.17 bits per heavy atom. The van der Waals surface area contributed by atoms with Gasteiger partial charge in [-0.3, -0.25) is 18.8 Å². The maximum absolute atomic E-state index is 12.5. The smallest absolute Gasteiger partial charge is 0.405 e. The molecule has 30 heavy (non-hydrogen) atoms. The summed E-state index contributed by atoms with van der Waals surface area (Å²) in [7, 11) is 0. The lowest BCUT2D eigenvalue weighted by Crippen LogP contribution is -2.39. The van der Waals surface area contributed by atoms with Crippen LogP contribution in [0, 0.1) is 0 Å². The fraction of sp³-hybridized carbons (Fsp3) is 0.222. The van der Waals surface area contributed by atoms with Gasteiger partial charge in [0.2, 0.25) is 0 Å². The van der Waals surface area contributed by atoms with Gasteiger partial charge in [-0.2, -0.15) is 5.10 Å². The molecule has 12 heteroatoms. The van der Waals surface area contributed by atoms with Gasteiger partial charge in [-0.05, 0) is 12.1 Å². The molecule has 1 aromatic carbocycles. The van der Waals surface area contributed by atoms with Gasteiger partial charge in [0.05, 0.1) is 13.1 Å². The van der Waals surface area contributed by atoms with E-state index in [0.717, 1.165) is 16.7 Å². The lowest BCUT2D eigenvalue weighted by Gasteiger charge is -2.13. The molecule has 0 aliphatic rings. The molecule has 0 aliphatic heterocycles. The summed E-state index contributed by atoms with van der Waals surface area (Å²) in [5.41, 5.74) is -1.73. The number of aromatic nitrogens is 4. The lowest BCUT2D eigenvalue weighted by atomic mass is 10.2. The summed E-state index contributed by atoms with van der Waals surface area (Å²) in [5, 5.41) is 6.31. The zero-order valence-electron chi connectivity index (χ0n) is 15.3. The Balaban J connectivity index is 1.69. The van der Waals surface area contributed by atoms with Gasteiger partial charge in [0, 0.05) is 30.6 Å². The molecule has 1 amide bonds. The number of carbonyl (C=O) groups excluding carboxylic acids is 1. The highest BCUT2D eigenvalue weighted by molar-refractivity contribution is 5.92. The number of halogens is 3. The standard InChI is InChI=1S/C18H16F3N5O4/c19-18(20,21)30-14-5-2-1-4-12(14)11-22-16(28)13-10-15(27)26(17(29)24-13)9-8-25-7-3-6-23-25/h1-7,10H,8-9,11H2,(H,22,28)(H,24,29). The van der Waals surface area contributed by atoms with E-state index in [9.17, 15) is 27.6 Å². The first kappa shape index (κ1) is 20.9. The molecular weight excluding hydrogens is 407 g/mol. The van der Waals surface area contributed by atoms with E-state index in [4.69, 9.17) is 0 Å². The Morgan fingerprint density at radius 2 is 1.93 bits per heavy atom. The van der Waals surface area contributed by atoms with E-state index in [1.165, 1.54) is 22.9 Å². The summed E-state index contributed by atoms with van der Waals surface area (Å²) >= 11 is 0. The second-order valence-electron chi connectivity index (χ2n) is 6.09. The third kappa shape index (κ3) is 5.37. The lowest BCUT2D eigenvalue weighted by molar-refractivity contribution is -0.274. The van der Waals surface area contributed by atoms with E-state index in [0.29, 0.717) is 0 Å². The maximum atomic E-state index is 12.5. The number of hydrogen-bond acceptors (Lipinski definition) is 5. The van der Waals surface area contributed by atoms with Crippen LogP contribution < -0.4 is 21.3 Å². The highest BCUT2D eigenvalue weighted by atomic mass is 19.4. The molecule has 0 atom stereocenters. The molecule has 0 spiro atoms. The highest BCUT2D eigenvalue weighted by Crippen LogP contribution is 2.26. The second kappa shape index (κ2) is 8.68. The van der Waals surface area contributed by atoms with Crippen LogP contribution in [0.3, 0.4) is 0 Å². The van der Waals surface area contributed by atoms with Crippen LogP contribution in [-0.2, 0) is 19.6 Å². The molecular formula is C18H16F3N5O4. The summed E-state index contributed by atoms with van der Waals surface area (Å²) < 4.78 is 43.8. The monoisotopic (exact) mass is 423 g/mol. The van der Waals surface area contributed by atoms with Gasteiger partial charge in [0.15, 0.2) is 0 Å². The predicted octanol–water partition coefficient (Wildman–Crippen LogP) is 1.26. The van der Waals surface area contributed by atoms with Crippen molar-refractivity contribution in [2.75, 3.05) is 0 Å². The molecule has 0 saturated carbocycles. The summed E-state index contributed by atoms with van der Waals surface area (Å²) in [6.07, 6.45) is -1.66. The van der Waals surface area contributed by atoms with Crippen molar-refractivity contribution in [3.05, 3.63) is 80.9 Å². The maximum Gasteiger partial charge on any atom is 0.573 e. The molecule has 3 aromatic rings. The fourth-order valence-corrected chi connectivity index (χ4v) is 2.63. The van der Waals surface area contributed by atoms with E-state index in [2.05, 4.69) is 20.1 Å². The summed E-state index contributed by atoms with van der Waals surface area (Å²) in [5.74, 6) is -1.29. The number of nitrogens with one attached hydrogen (secondary N) is 2. The Labute approximate surface area is 166 Å². The van der Waals surface area contributed by atoms with E-state index in [-0.39, 0.29) is 30.9 Å². The second-order valence-corrected chi connectivity index (χ2v) is 6.09. The number of nitrogens with zero attached hydrogens (tertiary/aromatic N) is 3. The van der Waals surface area contributed by atoms with Crippen molar-refractivity contribution in [1.82, 2.24) is 24.6 Å². The molecule has 9 nitrogen and oxygen atoms in total. The Bertz CT molecular complexity index is 1100. The summed E-state index contributed by atoms with van der Waals surface area (Å²) in [4.78, 5) is 38.9. The van der Waals surface area contributed by atoms with Crippen molar-refractivity contribution in [2.24, 2.45) is 0 Å². The number of ether oxygens (including phenoxy) is 1. The quantitative estimate of drug-likeness (QED) is 0.595.